The van der Waals surface area contributed by atoms with Crippen molar-refractivity contribution in [3.05, 3.63) is 97.7 Å². The maximum Gasteiger partial charge on any atom is 0.144 e. The summed E-state index contributed by atoms with van der Waals surface area (Å²) in [6.07, 6.45) is 6.49. The summed E-state index contributed by atoms with van der Waals surface area (Å²) in [5.74, 6) is 0. The van der Waals surface area contributed by atoms with Gasteiger partial charge < -0.3 is 4.52 Å². The molecule has 0 aliphatic carbocycles. The summed E-state index contributed by atoms with van der Waals surface area (Å²) in [6.45, 7) is 0. The van der Waals surface area contributed by atoms with E-state index in [-0.39, 0.29) is 0 Å². The number of hydrogen-bond donors (Lipinski definition) is 0. The molecule has 0 unspecified atom stereocenters. The number of aromatic nitrogens is 4. The van der Waals surface area contributed by atoms with Gasteiger partial charge in [0.05, 0.1) is 17.2 Å². The van der Waals surface area contributed by atoms with Gasteiger partial charge in [-0.15, -0.1) is 5.10 Å². The Kier molecular flexibility index (Phi) is 5.78. The Morgan fingerprint density at radius 2 is 1.08 bits per heavy atom. The third-order valence-corrected chi connectivity index (χ3v) is 3.31. The minimum absolute atomic E-state index is 1.06. The SMILES string of the molecule is c1ccc2ncccc2c1.c1ccc2ncccc2c1.c1conn1. The first kappa shape index (κ1) is 16.3. The molecule has 3 heterocycles. The van der Waals surface area contributed by atoms with Gasteiger partial charge in [0.2, 0.25) is 0 Å². The van der Waals surface area contributed by atoms with Crippen molar-refractivity contribution in [1.29, 1.82) is 0 Å². The van der Waals surface area contributed by atoms with Gasteiger partial charge in [0.1, 0.15) is 6.26 Å². The van der Waals surface area contributed by atoms with Gasteiger partial charge in [-0.1, -0.05) is 48.5 Å². The van der Waals surface area contributed by atoms with Gasteiger partial charge in [0, 0.05) is 28.4 Å². The number of nitrogens with zero attached hydrogens (tertiary/aromatic N) is 4. The van der Waals surface area contributed by atoms with Gasteiger partial charge in [0.25, 0.3) is 0 Å². The standard InChI is InChI=1S/2C9H7N.C2H2N2O/c2*1-2-6-9-8(4-1)5-3-7-10-9;1-2-5-4-3-1/h2*1-7H;1-2H. The molecule has 0 fully saturated rings. The van der Waals surface area contributed by atoms with E-state index in [1.807, 2.05) is 60.9 Å². The van der Waals surface area contributed by atoms with E-state index in [4.69, 9.17) is 0 Å². The third-order valence-electron chi connectivity index (χ3n) is 3.31. The zero-order valence-corrected chi connectivity index (χ0v) is 13.4. The molecular formula is C20H16N4O. The van der Waals surface area contributed by atoms with E-state index < -0.39 is 0 Å². The lowest BCUT2D eigenvalue weighted by molar-refractivity contribution is 0.393. The quantitative estimate of drug-likeness (QED) is 0.417. The Balaban J connectivity index is 0.000000116. The largest absolute Gasteiger partial charge is 0.346 e. The maximum absolute atomic E-state index is 4.22. The van der Waals surface area contributed by atoms with Crippen LogP contribution in [-0.4, -0.2) is 20.3 Å². The van der Waals surface area contributed by atoms with Crippen LogP contribution in [-0.2, 0) is 0 Å². The van der Waals surface area contributed by atoms with Crippen molar-refractivity contribution in [3.8, 4) is 0 Å². The Morgan fingerprint density at radius 1 is 0.560 bits per heavy atom. The number of benzene rings is 2. The van der Waals surface area contributed by atoms with Crippen LogP contribution in [0, 0.1) is 0 Å². The van der Waals surface area contributed by atoms with Crippen molar-refractivity contribution >= 4 is 21.8 Å². The van der Waals surface area contributed by atoms with Crippen molar-refractivity contribution in [1.82, 2.24) is 20.3 Å². The average Bonchev–Trinajstić information content (AvgIpc) is 3.29. The second-order valence-corrected chi connectivity index (χ2v) is 4.98. The average molecular weight is 328 g/mol. The summed E-state index contributed by atoms with van der Waals surface area (Å²) >= 11 is 0. The van der Waals surface area contributed by atoms with E-state index in [0.717, 1.165) is 11.0 Å². The molecule has 122 valence electrons. The van der Waals surface area contributed by atoms with Crippen LogP contribution in [0.1, 0.15) is 0 Å². The number of hydrogen-bond acceptors (Lipinski definition) is 5. The minimum atomic E-state index is 1.06. The molecule has 0 N–H and O–H groups in total. The van der Waals surface area contributed by atoms with Crippen LogP contribution in [0.15, 0.2) is 102 Å². The molecule has 0 saturated heterocycles. The molecule has 0 aliphatic heterocycles. The summed E-state index contributed by atoms with van der Waals surface area (Å²) in [5.41, 5.74) is 2.12. The van der Waals surface area contributed by atoms with Crippen LogP contribution < -0.4 is 0 Å². The normalized spacial score (nSPS) is 9.60. The lowest BCUT2D eigenvalue weighted by Crippen LogP contribution is -1.73. The lowest BCUT2D eigenvalue weighted by atomic mass is 10.2. The highest BCUT2D eigenvalue weighted by Gasteiger charge is 1.87. The number of para-hydroxylation sites is 2. The van der Waals surface area contributed by atoms with Crippen molar-refractivity contribution < 1.29 is 4.52 Å². The smallest absolute Gasteiger partial charge is 0.144 e. The first-order chi connectivity index (χ1) is 12.4. The van der Waals surface area contributed by atoms with Gasteiger partial charge >= 0.3 is 0 Å². The fraction of sp³-hybridized carbons (Fsp3) is 0. The van der Waals surface area contributed by atoms with Gasteiger partial charge in [-0.25, -0.2) is 0 Å². The van der Waals surface area contributed by atoms with Gasteiger partial charge in [-0.2, -0.15) is 0 Å². The molecule has 0 aliphatic rings. The van der Waals surface area contributed by atoms with Gasteiger partial charge in [-0.05, 0) is 24.3 Å². The molecule has 25 heavy (non-hydrogen) atoms. The molecule has 5 heteroatoms. The molecule has 2 aromatic carbocycles. The predicted octanol–water partition coefficient (Wildman–Crippen LogP) is 4.54. The molecule has 0 spiro atoms. The highest BCUT2D eigenvalue weighted by atomic mass is 16.5. The highest BCUT2D eigenvalue weighted by molar-refractivity contribution is 5.78. The fourth-order valence-corrected chi connectivity index (χ4v) is 2.17. The second kappa shape index (κ2) is 8.88. The van der Waals surface area contributed by atoms with E-state index in [9.17, 15) is 0 Å². The summed E-state index contributed by atoms with van der Waals surface area (Å²) in [6, 6.07) is 24.2. The predicted molar refractivity (Wildman–Crippen MR) is 97.8 cm³/mol. The molecule has 0 bridgehead atoms. The highest BCUT2D eigenvalue weighted by Crippen LogP contribution is 2.08. The van der Waals surface area contributed by atoms with Crippen LogP contribution in [0.3, 0.4) is 0 Å². The number of fused-ring (bicyclic) bond motifs is 2. The van der Waals surface area contributed by atoms with Crippen LogP contribution in [0.5, 0.6) is 0 Å². The zero-order chi connectivity index (χ0) is 17.2. The molecule has 0 amide bonds. The van der Waals surface area contributed by atoms with E-state index in [2.05, 4.69) is 49.1 Å². The van der Waals surface area contributed by atoms with E-state index in [1.54, 1.807) is 0 Å². The van der Waals surface area contributed by atoms with Crippen molar-refractivity contribution in [2.75, 3.05) is 0 Å². The molecule has 3 aromatic heterocycles. The number of rotatable bonds is 0. The molecule has 5 rings (SSSR count). The zero-order valence-electron chi connectivity index (χ0n) is 13.4. The Labute approximate surface area is 145 Å². The van der Waals surface area contributed by atoms with Crippen molar-refractivity contribution in [2.24, 2.45) is 0 Å². The van der Waals surface area contributed by atoms with Crippen molar-refractivity contribution in [2.45, 2.75) is 0 Å². The monoisotopic (exact) mass is 328 g/mol. The summed E-state index contributed by atoms with van der Waals surface area (Å²) < 4.78 is 4.22. The van der Waals surface area contributed by atoms with Crippen LogP contribution in [0.4, 0.5) is 0 Å². The van der Waals surface area contributed by atoms with Crippen molar-refractivity contribution in [3.63, 3.8) is 0 Å². The minimum Gasteiger partial charge on any atom is -0.346 e. The van der Waals surface area contributed by atoms with Crippen LogP contribution in [0.2, 0.25) is 0 Å². The van der Waals surface area contributed by atoms with Crippen LogP contribution in [0.25, 0.3) is 21.8 Å². The summed E-state index contributed by atoms with van der Waals surface area (Å²) in [5, 5.41) is 8.80. The molecule has 5 aromatic rings. The second-order valence-electron chi connectivity index (χ2n) is 4.98. The first-order valence-electron chi connectivity index (χ1n) is 7.74. The first-order valence-corrected chi connectivity index (χ1v) is 7.74. The third kappa shape index (κ3) is 4.94. The summed E-state index contributed by atoms with van der Waals surface area (Å²) in [7, 11) is 0. The Morgan fingerprint density at radius 3 is 1.48 bits per heavy atom. The van der Waals surface area contributed by atoms with E-state index >= 15 is 0 Å². The molecule has 0 saturated carbocycles. The fourth-order valence-electron chi connectivity index (χ4n) is 2.17. The van der Waals surface area contributed by atoms with E-state index in [0.29, 0.717) is 0 Å². The summed E-state index contributed by atoms with van der Waals surface area (Å²) in [4.78, 5) is 8.36. The van der Waals surface area contributed by atoms with E-state index in [1.165, 1.54) is 23.2 Å². The molecule has 5 nitrogen and oxygen atoms in total. The Hall–Kier alpha value is -3.60. The lowest BCUT2D eigenvalue weighted by Gasteiger charge is -1.91. The van der Waals surface area contributed by atoms with Gasteiger partial charge in [-0.3, -0.25) is 9.97 Å². The number of pyridine rings is 2. The molecular weight excluding hydrogens is 312 g/mol. The Bertz CT molecular complexity index is 797. The molecule has 0 radical (unpaired) electrons. The molecule has 0 atom stereocenters. The topological polar surface area (TPSA) is 64.7 Å². The van der Waals surface area contributed by atoms with Crippen LogP contribution >= 0.6 is 0 Å². The van der Waals surface area contributed by atoms with Gasteiger partial charge in [0.15, 0.2) is 0 Å². The maximum atomic E-state index is 4.22.